The van der Waals surface area contributed by atoms with E-state index in [-0.39, 0.29) is 22.6 Å². The van der Waals surface area contributed by atoms with E-state index in [4.69, 9.17) is 0 Å². The monoisotopic (exact) mass is 312 g/mol. The highest BCUT2D eigenvalue weighted by Gasteiger charge is 2.61. The first kappa shape index (κ1) is 12.7. The van der Waals surface area contributed by atoms with E-state index in [2.05, 4.69) is 11.3 Å². The molecule has 0 saturated carbocycles. The van der Waals surface area contributed by atoms with Gasteiger partial charge in [-0.05, 0) is 0 Å². The molecule has 0 amide bonds. The van der Waals surface area contributed by atoms with Crippen molar-refractivity contribution in [1.82, 2.24) is 0 Å². The van der Waals surface area contributed by atoms with Gasteiger partial charge in [-0.15, -0.1) is 0 Å². The van der Waals surface area contributed by atoms with Crippen molar-refractivity contribution < 1.29 is 27.1 Å². The first-order valence-corrected chi connectivity index (χ1v) is 4.04. The number of hydrogen-bond acceptors (Lipinski definition) is 2. The summed E-state index contributed by atoms with van der Waals surface area (Å²) in [5, 5.41) is 0. The van der Waals surface area contributed by atoms with Gasteiger partial charge < -0.3 is 4.74 Å². The summed E-state index contributed by atoms with van der Waals surface area (Å²) in [4.78, 5) is 10.4. The summed E-state index contributed by atoms with van der Waals surface area (Å²) in [6.07, 6.45) is 0.999. The molecule has 13 heavy (non-hydrogen) atoms. The van der Waals surface area contributed by atoms with Gasteiger partial charge in [0, 0.05) is 22.6 Å². The lowest BCUT2D eigenvalue weighted by Gasteiger charge is -2.18. The third-order valence-electron chi connectivity index (χ3n) is 0.945. The molecule has 0 aromatic rings. The van der Waals surface area contributed by atoms with Crippen LogP contribution in [-0.2, 0) is 9.53 Å². The molecular formula is C6H5F4IO2. The molecule has 0 rings (SSSR count). The average molecular weight is 312 g/mol. The molecule has 0 atom stereocenters. The van der Waals surface area contributed by atoms with Gasteiger partial charge in [0.25, 0.3) is 0 Å². The standard InChI is InChI=1S/C6H5F4IO2/c1-2-3-13-4(12)5(7,8)6(9,10)11/h2H,1,3H2. The number of rotatable bonds is 4. The van der Waals surface area contributed by atoms with Crippen molar-refractivity contribution in [2.45, 2.75) is 9.85 Å². The molecule has 0 aromatic heterocycles. The van der Waals surface area contributed by atoms with Gasteiger partial charge in [-0.25, -0.2) is 4.79 Å². The van der Waals surface area contributed by atoms with Crippen LogP contribution in [0.15, 0.2) is 12.7 Å². The predicted octanol–water partition coefficient (Wildman–Crippen LogP) is 2.38. The van der Waals surface area contributed by atoms with Gasteiger partial charge in [0.15, 0.2) is 0 Å². The largest absolute Gasteiger partial charge is 0.457 e. The highest BCUT2D eigenvalue weighted by Crippen LogP contribution is 2.40. The number of alkyl halides is 5. The zero-order chi connectivity index (χ0) is 10.7. The zero-order valence-electron chi connectivity index (χ0n) is 6.20. The lowest BCUT2D eigenvalue weighted by atomic mass is 10.3. The van der Waals surface area contributed by atoms with Crippen LogP contribution < -0.4 is 0 Å². The molecule has 0 fully saturated rings. The van der Waals surface area contributed by atoms with Gasteiger partial charge in [-0.3, -0.25) is 0 Å². The Morgan fingerprint density at radius 3 is 2.23 bits per heavy atom. The fourth-order valence-electron chi connectivity index (χ4n) is 0.341. The van der Waals surface area contributed by atoms with Gasteiger partial charge in [-0.2, -0.15) is 17.6 Å². The molecule has 0 aromatic carbocycles. The Hall–Kier alpha value is -0.340. The Bertz CT molecular complexity index is 211. The minimum absolute atomic E-state index is 0.176. The lowest BCUT2D eigenvalue weighted by Crippen LogP contribution is -2.44. The summed E-state index contributed by atoms with van der Waals surface area (Å²) < 4.78 is 48.3. The summed E-state index contributed by atoms with van der Waals surface area (Å²) >= 11 is 0.176. The molecule has 0 unspecified atom stereocenters. The van der Waals surface area contributed by atoms with Crippen molar-refractivity contribution in [3.05, 3.63) is 12.7 Å². The van der Waals surface area contributed by atoms with Crippen LogP contribution >= 0.6 is 22.6 Å². The lowest BCUT2D eigenvalue weighted by molar-refractivity contribution is -0.196. The highest BCUT2D eigenvalue weighted by atomic mass is 127. The topological polar surface area (TPSA) is 26.3 Å². The van der Waals surface area contributed by atoms with E-state index in [1.807, 2.05) is 0 Å². The second-order valence-electron chi connectivity index (χ2n) is 1.96. The second kappa shape index (κ2) is 4.25. The Kier molecular flexibility index (Phi) is 4.14. The Labute approximate surface area is 85.1 Å². The third-order valence-corrected chi connectivity index (χ3v) is 1.62. The molecule has 76 valence electrons. The fraction of sp³-hybridized carbons (Fsp3) is 0.500. The van der Waals surface area contributed by atoms with Crippen LogP contribution in [0, 0.1) is 0 Å². The molecule has 0 heterocycles. The maximum absolute atomic E-state index is 12.4. The van der Waals surface area contributed by atoms with Crippen LogP contribution in [0.5, 0.6) is 0 Å². The molecule has 0 spiro atoms. The number of halogens is 5. The summed E-state index contributed by atoms with van der Waals surface area (Å²) in [7, 11) is 0. The van der Waals surface area contributed by atoms with Crippen molar-refractivity contribution in [3.8, 4) is 0 Å². The fourth-order valence-corrected chi connectivity index (χ4v) is 0.561. The molecule has 0 aliphatic carbocycles. The van der Waals surface area contributed by atoms with Crippen LogP contribution in [0.3, 0.4) is 0 Å². The molecule has 0 N–H and O–H groups in total. The van der Waals surface area contributed by atoms with Gasteiger partial charge in [-0.1, -0.05) is 12.7 Å². The summed E-state index contributed by atoms with van der Waals surface area (Å²) in [5.41, 5.74) is 0. The minimum atomic E-state index is -4.81. The maximum Gasteiger partial charge on any atom is 0.413 e. The van der Waals surface area contributed by atoms with Gasteiger partial charge in [0.05, 0.1) is 0 Å². The normalized spacial score (nSPS) is 12.4. The van der Waals surface area contributed by atoms with Gasteiger partial charge in [0.1, 0.15) is 6.61 Å². The summed E-state index contributed by atoms with van der Waals surface area (Å²) in [6, 6.07) is 0. The number of hydrogen-bond donors (Lipinski definition) is 0. The SMILES string of the molecule is C=CCOC(=O)C(F)(F)C(F)(F)I. The summed E-state index contributed by atoms with van der Waals surface area (Å²) in [5.74, 6) is -7.07. The molecule has 0 saturated heterocycles. The zero-order valence-corrected chi connectivity index (χ0v) is 8.36. The van der Waals surface area contributed by atoms with E-state index in [0.29, 0.717) is 0 Å². The predicted molar refractivity (Wildman–Crippen MR) is 45.1 cm³/mol. The minimum Gasteiger partial charge on any atom is -0.457 e. The Balaban J connectivity index is 4.45. The number of ether oxygens (including phenoxy) is 1. The van der Waals surface area contributed by atoms with E-state index < -0.39 is 22.4 Å². The molecule has 7 heteroatoms. The van der Waals surface area contributed by atoms with Crippen LogP contribution in [0.2, 0.25) is 0 Å². The highest BCUT2D eigenvalue weighted by molar-refractivity contribution is 14.1. The quantitative estimate of drug-likeness (QED) is 0.262. The van der Waals surface area contributed by atoms with E-state index >= 15 is 0 Å². The number of esters is 1. The Morgan fingerprint density at radius 1 is 1.46 bits per heavy atom. The van der Waals surface area contributed by atoms with E-state index in [1.165, 1.54) is 0 Å². The first-order chi connectivity index (χ1) is 5.73. The maximum atomic E-state index is 12.4. The number of carbonyl (C=O) groups excluding carboxylic acids is 1. The van der Waals surface area contributed by atoms with Gasteiger partial charge >= 0.3 is 15.8 Å². The van der Waals surface area contributed by atoms with Crippen molar-refractivity contribution in [2.24, 2.45) is 0 Å². The van der Waals surface area contributed by atoms with Crippen LogP contribution in [-0.4, -0.2) is 22.4 Å². The molecule has 2 nitrogen and oxygen atoms in total. The third kappa shape index (κ3) is 3.12. The Morgan fingerprint density at radius 2 is 1.92 bits per heavy atom. The van der Waals surface area contributed by atoms with Crippen molar-refractivity contribution >= 4 is 28.6 Å². The number of carbonyl (C=O) groups is 1. The van der Waals surface area contributed by atoms with Crippen LogP contribution in [0.25, 0.3) is 0 Å². The first-order valence-electron chi connectivity index (χ1n) is 2.96. The molecule has 0 radical (unpaired) electrons. The smallest absolute Gasteiger partial charge is 0.413 e. The van der Waals surface area contributed by atoms with Crippen molar-refractivity contribution in [3.63, 3.8) is 0 Å². The van der Waals surface area contributed by atoms with E-state index in [1.54, 1.807) is 0 Å². The van der Waals surface area contributed by atoms with Crippen molar-refractivity contribution in [1.29, 1.82) is 0 Å². The molecule has 0 aliphatic rings. The van der Waals surface area contributed by atoms with Crippen LogP contribution in [0.1, 0.15) is 0 Å². The van der Waals surface area contributed by atoms with Gasteiger partial charge in [0.2, 0.25) is 0 Å². The summed E-state index contributed by atoms with van der Waals surface area (Å²) in [6.45, 7) is 2.54. The van der Waals surface area contributed by atoms with Crippen LogP contribution in [0.4, 0.5) is 17.6 Å². The molecule has 0 bridgehead atoms. The van der Waals surface area contributed by atoms with E-state index in [0.717, 1.165) is 6.08 Å². The van der Waals surface area contributed by atoms with Crippen molar-refractivity contribution in [2.75, 3.05) is 6.61 Å². The average Bonchev–Trinajstić information content (AvgIpc) is 1.97. The van der Waals surface area contributed by atoms with E-state index in [9.17, 15) is 22.4 Å². The second-order valence-corrected chi connectivity index (χ2v) is 3.31. The molecular weight excluding hydrogens is 307 g/mol. The molecule has 0 aliphatic heterocycles.